The van der Waals surface area contributed by atoms with E-state index in [-0.39, 0.29) is 11.6 Å². The fraction of sp³-hybridized carbons (Fsp3) is 0.500. The van der Waals surface area contributed by atoms with Crippen molar-refractivity contribution in [3.8, 4) is 0 Å². The molecule has 2 heteroatoms. The highest BCUT2D eigenvalue weighted by Crippen LogP contribution is 2.25. The highest BCUT2D eigenvalue weighted by molar-refractivity contribution is 5.66. The summed E-state index contributed by atoms with van der Waals surface area (Å²) in [5.74, 6) is -0.195. The molecular formula is C14H20O2. The molecule has 88 valence electrons. The van der Waals surface area contributed by atoms with Crippen LogP contribution in [0.4, 0.5) is 0 Å². The lowest BCUT2D eigenvalue weighted by Gasteiger charge is -2.31. The predicted molar refractivity (Wildman–Crippen MR) is 65.2 cm³/mol. The van der Waals surface area contributed by atoms with Gasteiger partial charge in [0.25, 0.3) is 0 Å². The van der Waals surface area contributed by atoms with Gasteiger partial charge in [-0.15, -0.1) is 0 Å². The Balaban J connectivity index is 2.82. The highest BCUT2D eigenvalue weighted by Gasteiger charge is 2.29. The third-order valence-corrected chi connectivity index (χ3v) is 3.02. The molecule has 0 aliphatic heterocycles. The van der Waals surface area contributed by atoms with Crippen LogP contribution in [-0.4, -0.2) is 11.6 Å². The van der Waals surface area contributed by atoms with Gasteiger partial charge in [0.05, 0.1) is 0 Å². The Kier molecular flexibility index (Phi) is 4.53. The first-order valence-electron chi connectivity index (χ1n) is 5.85. The molecule has 0 saturated heterocycles. The molecule has 0 aliphatic rings. The van der Waals surface area contributed by atoms with Gasteiger partial charge in [-0.2, -0.15) is 0 Å². The summed E-state index contributed by atoms with van der Waals surface area (Å²) in [6, 6.07) is 10.2. The normalized spacial score (nSPS) is 11.2. The summed E-state index contributed by atoms with van der Waals surface area (Å²) in [5.41, 5.74) is 0.875. The molecule has 2 nitrogen and oxygen atoms in total. The minimum atomic E-state index is -0.340. The van der Waals surface area contributed by atoms with E-state index < -0.39 is 0 Å². The summed E-state index contributed by atoms with van der Waals surface area (Å²) >= 11 is 0. The molecule has 0 N–H and O–H groups in total. The van der Waals surface area contributed by atoms with Gasteiger partial charge in [-0.05, 0) is 18.4 Å². The van der Waals surface area contributed by atoms with Crippen molar-refractivity contribution in [2.24, 2.45) is 0 Å². The van der Waals surface area contributed by atoms with Crippen LogP contribution in [0, 0.1) is 0 Å². The molecule has 0 aliphatic carbocycles. The standard InChI is InChI=1S/C14H20O2/c1-4-14(5-2,16-12(3)15)11-13-9-7-6-8-10-13/h6-10H,4-5,11H2,1-3H3. The average Bonchev–Trinajstić information content (AvgIpc) is 2.29. The molecule has 0 unspecified atom stereocenters. The van der Waals surface area contributed by atoms with E-state index >= 15 is 0 Å². The van der Waals surface area contributed by atoms with Crippen molar-refractivity contribution >= 4 is 5.97 Å². The second-order valence-electron chi connectivity index (χ2n) is 4.15. The Morgan fingerprint density at radius 2 is 1.75 bits per heavy atom. The van der Waals surface area contributed by atoms with Crippen molar-refractivity contribution in [1.29, 1.82) is 0 Å². The van der Waals surface area contributed by atoms with E-state index in [2.05, 4.69) is 26.0 Å². The van der Waals surface area contributed by atoms with Gasteiger partial charge in [0.15, 0.2) is 0 Å². The molecule has 0 saturated carbocycles. The Morgan fingerprint density at radius 1 is 1.19 bits per heavy atom. The van der Waals surface area contributed by atoms with Crippen molar-refractivity contribution in [2.45, 2.75) is 45.6 Å². The summed E-state index contributed by atoms with van der Waals surface area (Å²) in [6.07, 6.45) is 2.48. The molecule has 0 radical (unpaired) electrons. The minimum Gasteiger partial charge on any atom is -0.459 e. The van der Waals surface area contributed by atoms with E-state index in [9.17, 15) is 4.79 Å². The number of benzene rings is 1. The number of carbonyl (C=O) groups excluding carboxylic acids is 1. The molecule has 1 aromatic carbocycles. The van der Waals surface area contributed by atoms with Gasteiger partial charge < -0.3 is 4.74 Å². The zero-order valence-corrected chi connectivity index (χ0v) is 10.3. The van der Waals surface area contributed by atoms with E-state index in [4.69, 9.17) is 4.74 Å². The zero-order chi connectivity index (χ0) is 12.0. The van der Waals surface area contributed by atoms with Crippen LogP contribution in [0.25, 0.3) is 0 Å². The minimum absolute atomic E-state index is 0.195. The number of hydrogen-bond acceptors (Lipinski definition) is 2. The molecule has 0 bridgehead atoms. The maximum absolute atomic E-state index is 11.1. The Bertz CT molecular complexity index is 326. The van der Waals surface area contributed by atoms with Crippen LogP contribution in [-0.2, 0) is 16.0 Å². The van der Waals surface area contributed by atoms with Crippen LogP contribution >= 0.6 is 0 Å². The number of rotatable bonds is 5. The first-order valence-corrected chi connectivity index (χ1v) is 5.85. The van der Waals surface area contributed by atoms with Crippen LogP contribution < -0.4 is 0 Å². The molecule has 0 spiro atoms. The van der Waals surface area contributed by atoms with Gasteiger partial charge in [0, 0.05) is 13.3 Å². The Morgan fingerprint density at radius 3 is 2.19 bits per heavy atom. The van der Waals surface area contributed by atoms with Crippen molar-refractivity contribution in [2.75, 3.05) is 0 Å². The smallest absolute Gasteiger partial charge is 0.303 e. The van der Waals surface area contributed by atoms with E-state index in [1.54, 1.807) is 0 Å². The second-order valence-corrected chi connectivity index (χ2v) is 4.15. The monoisotopic (exact) mass is 220 g/mol. The lowest BCUT2D eigenvalue weighted by Crippen LogP contribution is -2.35. The third-order valence-electron chi connectivity index (χ3n) is 3.02. The van der Waals surface area contributed by atoms with Crippen LogP contribution in [0.1, 0.15) is 39.2 Å². The van der Waals surface area contributed by atoms with E-state index in [0.29, 0.717) is 0 Å². The first kappa shape index (κ1) is 12.8. The molecule has 0 fully saturated rings. The van der Waals surface area contributed by atoms with Gasteiger partial charge >= 0.3 is 5.97 Å². The summed E-state index contributed by atoms with van der Waals surface area (Å²) in [4.78, 5) is 11.1. The molecule has 16 heavy (non-hydrogen) atoms. The maximum Gasteiger partial charge on any atom is 0.303 e. The Hall–Kier alpha value is -1.31. The van der Waals surface area contributed by atoms with Crippen molar-refractivity contribution in [3.63, 3.8) is 0 Å². The Labute approximate surface area is 97.6 Å². The SMILES string of the molecule is CCC(CC)(Cc1ccccc1)OC(C)=O. The van der Waals surface area contributed by atoms with E-state index in [1.807, 2.05) is 18.2 Å². The second kappa shape index (κ2) is 5.69. The van der Waals surface area contributed by atoms with E-state index in [0.717, 1.165) is 19.3 Å². The summed E-state index contributed by atoms with van der Waals surface area (Å²) in [5, 5.41) is 0. The fourth-order valence-corrected chi connectivity index (χ4v) is 1.95. The summed E-state index contributed by atoms with van der Waals surface area (Å²) in [6.45, 7) is 5.61. The molecule has 0 aromatic heterocycles. The van der Waals surface area contributed by atoms with Gasteiger partial charge in [-0.25, -0.2) is 0 Å². The third kappa shape index (κ3) is 3.37. The van der Waals surface area contributed by atoms with Gasteiger partial charge in [-0.3, -0.25) is 4.79 Å². The molecule has 1 aromatic rings. The number of carbonyl (C=O) groups is 1. The van der Waals surface area contributed by atoms with Crippen molar-refractivity contribution in [1.82, 2.24) is 0 Å². The first-order chi connectivity index (χ1) is 7.62. The predicted octanol–water partition coefficient (Wildman–Crippen LogP) is 3.35. The summed E-state index contributed by atoms with van der Waals surface area (Å²) in [7, 11) is 0. The number of hydrogen-bond donors (Lipinski definition) is 0. The topological polar surface area (TPSA) is 26.3 Å². The molecular weight excluding hydrogens is 200 g/mol. The van der Waals surface area contributed by atoms with Crippen molar-refractivity contribution < 1.29 is 9.53 Å². The quantitative estimate of drug-likeness (QED) is 0.711. The molecule has 0 heterocycles. The molecule has 0 atom stereocenters. The largest absolute Gasteiger partial charge is 0.459 e. The van der Waals surface area contributed by atoms with Gasteiger partial charge in [0.2, 0.25) is 0 Å². The molecule has 0 amide bonds. The number of ether oxygens (including phenoxy) is 1. The lowest BCUT2D eigenvalue weighted by atomic mass is 9.89. The number of esters is 1. The maximum atomic E-state index is 11.1. The van der Waals surface area contributed by atoms with Gasteiger partial charge in [-0.1, -0.05) is 44.2 Å². The summed E-state index contributed by atoms with van der Waals surface area (Å²) < 4.78 is 5.50. The fourth-order valence-electron chi connectivity index (χ4n) is 1.95. The zero-order valence-electron chi connectivity index (χ0n) is 10.3. The lowest BCUT2D eigenvalue weighted by molar-refractivity contribution is -0.157. The van der Waals surface area contributed by atoms with Gasteiger partial charge in [0.1, 0.15) is 5.60 Å². The van der Waals surface area contributed by atoms with Crippen molar-refractivity contribution in [3.05, 3.63) is 35.9 Å². The van der Waals surface area contributed by atoms with Crippen LogP contribution in [0.15, 0.2) is 30.3 Å². The van der Waals surface area contributed by atoms with Crippen LogP contribution in [0.5, 0.6) is 0 Å². The van der Waals surface area contributed by atoms with Crippen LogP contribution in [0.2, 0.25) is 0 Å². The highest BCUT2D eigenvalue weighted by atomic mass is 16.6. The van der Waals surface area contributed by atoms with Crippen LogP contribution in [0.3, 0.4) is 0 Å². The average molecular weight is 220 g/mol. The molecule has 1 rings (SSSR count). The van der Waals surface area contributed by atoms with E-state index in [1.165, 1.54) is 12.5 Å².